The van der Waals surface area contributed by atoms with Gasteiger partial charge in [-0.15, -0.1) is 11.3 Å². The van der Waals surface area contributed by atoms with Gasteiger partial charge in [0.05, 0.1) is 47.5 Å². The maximum atomic E-state index is 13.9. The molecule has 3 aromatic heterocycles. The molecule has 9 nitrogen and oxygen atoms in total. The predicted octanol–water partition coefficient (Wildman–Crippen LogP) is 4.84. The fourth-order valence-electron chi connectivity index (χ4n) is 5.98. The maximum absolute atomic E-state index is 13.9. The molecule has 4 heterocycles. The van der Waals surface area contributed by atoms with Gasteiger partial charge in [0.25, 0.3) is 0 Å². The summed E-state index contributed by atoms with van der Waals surface area (Å²) in [6.07, 6.45) is 6.72. The van der Waals surface area contributed by atoms with Crippen LogP contribution in [0.2, 0.25) is 0 Å². The molecule has 3 atom stereocenters. The number of morpholine rings is 1. The average molecular weight is 521 g/mol. The van der Waals surface area contributed by atoms with Gasteiger partial charge in [0, 0.05) is 29.4 Å². The summed E-state index contributed by atoms with van der Waals surface area (Å²) in [5, 5.41) is 12.6. The molecule has 1 aromatic carbocycles. The molecule has 0 bridgehead atoms. The van der Waals surface area contributed by atoms with E-state index in [0.717, 1.165) is 58.3 Å². The molecule has 1 aliphatic carbocycles. The van der Waals surface area contributed by atoms with Crippen LogP contribution in [0, 0.1) is 5.41 Å². The Balaban J connectivity index is 1.34. The van der Waals surface area contributed by atoms with Crippen LogP contribution in [0.4, 0.5) is 11.5 Å². The summed E-state index contributed by atoms with van der Waals surface area (Å²) in [4.78, 5) is 27.4. The molecule has 0 unspecified atom stereocenters. The Kier molecular flexibility index (Phi) is 6.03. The van der Waals surface area contributed by atoms with Crippen LogP contribution in [-0.2, 0) is 22.4 Å². The molecule has 0 radical (unpaired) electrons. The number of hydrogen-bond donors (Lipinski definition) is 2. The zero-order valence-corrected chi connectivity index (χ0v) is 22.4. The summed E-state index contributed by atoms with van der Waals surface area (Å²) < 4.78 is 11.5. The topological polar surface area (TPSA) is 105 Å². The van der Waals surface area contributed by atoms with Crippen molar-refractivity contribution >= 4 is 49.9 Å². The normalized spacial score (nSPS) is 23.8. The molecule has 2 aliphatic rings. The van der Waals surface area contributed by atoms with Crippen LogP contribution in [0.5, 0.6) is 5.75 Å². The first-order valence-corrected chi connectivity index (χ1v) is 13.7. The van der Waals surface area contributed by atoms with E-state index in [1.54, 1.807) is 31.0 Å². The number of fused-ring (bicyclic) bond motifs is 4. The summed E-state index contributed by atoms with van der Waals surface area (Å²) in [5.41, 5.74) is 2.60. The number of methoxy groups -OCH3 is 1. The van der Waals surface area contributed by atoms with Crippen LogP contribution in [0.15, 0.2) is 24.7 Å². The predicted molar refractivity (Wildman–Crippen MR) is 145 cm³/mol. The number of nitrogens with one attached hydrogen (secondary N) is 2. The minimum Gasteiger partial charge on any atom is -0.494 e. The largest absolute Gasteiger partial charge is 0.494 e. The Labute approximate surface area is 219 Å². The van der Waals surface area contributed by atoms with Gasteiger partial charge in [-0.05, 0) is 51.2 Å². The number of ether oxygens (including phenoxy) is 2. The van der Waals surface area contributed by atoms with Gasteiger partial charge in [-0.25, -0.2) is 9.97 Å². The molecule has 2 N–H and O–H groups in total. The molecule has 10 heteroatoms. The number of amides is 1. The lowest BCUT2D eigenvalue weighted by atomic mass is 9.71. The van der Waals surface area contributed by atoms with E-state index in [2.05, 4.69) is 32.4 Å². The van der Waals surface area contributed by atoms with Crippen molar-refractivity contribution in [1.82, 2.24) is 25.1 Å². The Bertz CT molecular complexity index is 1470. The highest BCUT2D eigenvalue weighted by atomic mass is 32.1. The number of thiophene rings is 1. The number of aromatic amines is 1. The minimum absolute atomic E-state index is 0.0623. The SMILES string of the molecule is CC[C@]1(C(=O)N2C[C@@H](C)O[C@@H](C)C2)CCc2c(sc3ncnc(Nc4cc5cn[nH]c5cc4OC)c23)C1. The summed E-state index contributed by atoms with van der Waals surface area (Å²) in [6, 6.07) is 3.94. The van der Waals surface area contributed by atoms with Crippen LogP contribution in [0.3, 0.4) is 0 Å². The van der Waals surface area contributed by atoms with Gasteiger partial charge in [-0.1, -0.05) is 6.92 Å². The van der Waals surface area contributed by atoms with Gasteiger partial charge in [0.15, 0.2) is 0 Å². The van der Waals surface area contributed by atoms with E-state index in [-0.39, 0.29) is 23.5 Å². The van der Waals surface area contributed by atoms with E-state index < -0.39 is 0 Å². The number of aromatic nitrogens is 4. The fourth-order valence-corrected chi connectivity index (χ4v) is 7.31. The number of hydrogen-bond acceptors (Lipinski definition) is 8. The maximum Gasteiger partial charge on any atom is 0.229 e. The van der Waals surface area contributed by atoms with Crippen LogP contribution in [-0.4, -0.2) is 63.4 Å². The lowest BCUT2D eigenvalue weighted by Gasteiger charge is -2.43. The monoisotopic (exact) mass is 520 g/mol. The molecule has 0 saturated carbocycles. The second kappa shape index (κ2) is 9.25. The van der Waals surface area contributed by atoms with Crippen molar-refractivity contribution in [2.24, 2.45) is 5.41 Å². The number of H-pyrrole nitrogens is 1. The molecule has 194 valence electrons. The Hall–Kier alpha value is -3.24. The molecular formula is C27H32N6O3S. The number of rotatable bonds is 5. The summed E-state index contributed by atoms with van der Waals surface area (Å²) in [7, 11) is 1.65. The third-order valence-electron chi connectivity index (χ3n) is 7.87. The van der Waals surface area contributed by atoms with Crippen molar-refractivity contribution in [1.29, 1.82) is 0 Å². The first kappa shape index (κ1) is 24.1. The van der Waals surface area contributed by atoms with Crippen molar-refractivity contribution < 1.29 is 14.3 Å². The average Bonchev–Trinajstić information content (AvgIpc) is 3.50. The summed E-state index contributed by atoms with van der Waals surface area (Å²) in [6.45, 7) is 7.56. The second-order valence-electron chi connectivity index (χ2n) is 10.3. The number of nitrogens with zero attached hydrogens (tertiary/aromatic N) is 4. The Morgan fingerprint density at radius 2 is 2.11 bits per heavy atom. The molecule has 1 aliphatic heterocycles. The van der Waals surface area contributed by atoms with Gasteiger partial charge in [0.2, 0.25) is 5.91 Å². The van der Waals surface area contributed by atoms with Crippen molar-refractivity contribution in [3.63, 3.8) is 0 Å². The molecular weight excluding hydrogens is 488 g/mol. The molecule has 37 heavy (non-hydrogen) atoms. The lowest BCUT2D eigenvalue weighted by molar-refractivity contribution is -0.155. The first-order chi connectivity index (χ1) is 17.9. The number of carbonyl (C=O) groups is 1. The highest BCUT2D eigenvalue weighted by Crippen LogP contribution is 2.47. The third kappa shape index (κ3) is 4.12. The summed E-state index contributed by atoms with van der Waals surface area (Å²) in [5.74, 6) is 1.73. The van der Waals surface area contributed by atoms with Gasteiger partial charge in [-0.3, -0.25) is 9.89 Å². The van der Waals surface area contributed by atoms with Crippen LogP contribution >= 0.6 is 11.3 Å². The molecule has 6 rings (SSSR count). The molecule has 1 fully saturated rings. The number of carbonyl (C=O) groups excluding carboxylic acids is 1. The van der Waals surface area contributed by atoms with Gasteiger partial charge in [-0.2, -0.15) is 5.10 Å². The van der Waals surface area contributed by atoms with Crippen LogP contribution < -0.4 is 10.1 Å². The standard InChI is InChI=1S/C27H32N6O3S/c1-5-27(26(34)33-12-15(2)36-16(3)13-33)7-6-18-22(10-27)37-25-23(18)24(28-14-29-25)31-20-8-17-11-30-32-19(17)9-21(20)35-4/h8-9,11,14-16H,5-7,10,12-13H2,1-4H3,(H,30,32)(H,28,29,31)/t15-,16+,27-/m0/s1. The van der Waals surface area contributed by atoms with Crippen LogP contribution in [0.25, 0.3) is 21.1 Å². The number of benzene rings is 1. The van der Waals surface area contributed by atoms with Gasteiger partial charge in [0.1, 0.15) is 22.7 Å². The second-order valence-corrected chi connectivity index (χ2v) is 11.4. The lowest BCUT2D eigenvalue weighted by Crippen LogP contribution is -2.54. The van der Waals surface area contributed by atoms with E-state index in [1.165, 1.54) is 10.4 Å². The number of aryl methyl sites for hydroxylation is 1. The Morgan fingerprint density at radius 3 is 2.86 bits per heavy atom. The van der Waals surface area contributed by atoms with Crippen molar-refractivity contribution in [2.45, 2.75) is 58.7 Å². The van der Waals surface area contributed by atoms with Gasteiger partial charge < -0.3 is 19.7 Å². The van der Waals surface area contributed by atoms with Crippen molar-refractivity contribution in [3.05, 3.63) is 35.1 Å². The number of anilines is 2. The van der Waals surface area contributed by atoms with E-state index in [0.29, 0.717) is 18.8 Å². The van der Waals surface area contributed by atoms with Crippen molar-refractivity contribution in [2.75, 3.05) is 25.5 Å². The Morgan fingerprint density at radius 1 is 1.30 bits per heavy atom. The zero-order valence-electron chi connectivity index (χ0n) is 21.6. The molecule has 4 aromatic rings. The third-order valence-corrected chi connectivity index (χ3v) is 9.01. The first-order valence-electron chi connectivity index (χ1n) is 12.9. The van der Waals surface area contributed by atoms with E-state index >= 15 is 0 Å². The minimum atomic E-state index is -0.388. The highest BCUT2D eigenvalue weighted by molar-refractivity contribution is 7.19. The molecule has 1 saturated heterocycles. The fraction of sp³-hybridized carbons (Fsp3) is 0.481. The molecule has 1 amide bonds. The highest BCUT2D eigenvalue weighted by Gasteiger charge is 2.45. The van der Waals surface area contributed by atoms with Crippen molar-refractivity contribution in [3.8, 4) is 5.75 Å². The quantitative estimate of drug-likeness (QED) is 0.388. The van der Waals surface area contributed by atoms with Gasteiger partial charge >= 0.3 is 0 Å². The zero-order chi connectivity index (χ0) is 25.7. The van der Waals surface area contributed by atoms with E-state index in [1.807, 2.05) is 30.9 Å². The van der Waals surface area contributed by atoms with E-state index in [9.17, 15) is 4.79 Å². The van der Waals surface area contributed by atoms with E-state index in [4.69, 9.17) is 9.47 Å². The smallest absolute Gasteiger partial charge is 0.229 e. The van der Waals surface area contributed by atoms with Crippen LogP contribution in [0.1, 0.15) is 44.1 Å². The summed E-state index contributed by atoms with van der Waals surface area (Å²) >= 11 is 1.69. The molecule has 0 spiro atoms.